The number of carbonyl (C=O) groups excluding carboxylic acids is 1. The molecule has 0 saturated carbocycles. The molecule has 98 valence electrons. The molecule has 0 unspecified atom stereocenters. The molecule has 1 aromatic rings. The minimum Gasteiger partial charge on any atom is -0.507 e. The van der Waals surface area contributed by atoms with Gasteiger partial charge < -0.3 is 9.84 Å². The van der Waals surface area contributed by atoms with Crippen LogP contribution in [0.1, 0.15) is 38.8 Å². The van der Waals surface area contributed by atoms with Crippen LogP contribution < -0.4 is 0 Å². The first-order valence-electron chi connectivity index (χ1n) is 6.03. The lowest BCUT2D eigenvalue weighted by molar-refractivity contribution is -0.137. The molecule has 0 aliphatic rings. The van der Waals surface area contributed by atoms with Crippen LogP contribution in [0.5, 0.6) is 5.75 Å². The zero-order valence-electron chi connectivity index (χ0n) is 11.4. The van der Waals surface area contributed by atoms with E-state index in [9.17, 15) is 9.90 Å². The second-order valence-corrected chi connectivity index (χ2v) is 5.11. The van der Waals surface area contributed by atoms with E-state index in [1.165, 1.54) is 6.08 Å². The van der Waals surface area contributed by atoms with E-state index >= 15 is 0 Å². The summed E-state index contributed by atoms with van der Waals surface area (Å²) in [6.45, 7) is 8.38. The SMILES string of the molecule is CCOC(=O)C=Cc1cc(C(C)(C)C)ccc1O. The van der Waals surface area contributed by atoms with Gasteiger partial charge in [0.25, 0.3) is 0 Å². The van der Waals surface area contributed by atoms with Crippen molar-refractivity contribution >= 4 is 12.0 Å². The number of ether oxygens (including phenoxy) is 1. The van der Waals surface area contributed by atoms with E-state index in [2.05, 4.69) is 20.8 Å². The third-order valence-electron chi connectivity index (χ3n) is 2.58. The van der Waals surface area contributed by atoms with Gasteiger partial charge in [0.15, 0.2) is 0 Å². The predicted octanol–water partition coefficient (Wildman–Crippen LogP) is 3.27. The van der Waals surface area contributed by atoms with Crippen LogP contribution >= 0.6 is 0 Å². The van der Waals surface area contributed by atoms with Crippen molar-refractivity contribution < 1.29 is 14.6 Å². The van der Waals surface area contributed by atoms with E-state index in [0.717, 1.165) is 5.56 Å². The highest BCUT2D eigenvalue weighted by atomic mass is 16.5. The minimum absolute atomic E-state index is 0.000216. The Kier molecular flexibility index (Phi) is 4.54. The molecule has 0 amide bonds. The van der Waals surface area contributed by atoms with Gasteiger partial charge in [-0.05, 0) is 36.1 Å². The van der Waals surface area contributed by atoms with Gasteiger partial charge in [0, 0.05) is 11.6 Å². The maximum atomic E-state index is 11.2. The summed E-state index contributed by atoms with van der Waals surface area (Å²) < 4.78 is 4.79. The second kappa shape index (κ2) is 5.71. The third kappa shape index (κ3) is 3.91. The van der Waals surface area contributed by atoms with E-state index < -0.39 is 5.97 Å². The standard InChI is InChI=1S/C15H20O3/c1-5-18-14(17)9-6-11-10-12(15(2,3)4)7-8-13(11)16/h6-10,16H,5H2,1-4H3. The van der Waals surface area contributed by atoms with Gasteiger partial charge >= 0.3 is 5.97 Å². The van der Waals surface area contributed by atoms with Gasteiger partial charge in [-0.15, -0.1) is 0 Å². The van der Waals surface area contributed by atoms with Crippen molar-refractivity contribution in [1.82, 2.24) is 0 Å². The molecule has 0 atom stereocenters. The summed E-state index contributed by atoms with van der Waals surface area (Å²) in [7, 11) is 0. The molecule has 1 N–H and O–H groups in total. The Hall–Kier alpha value is -1.77. The van der Waals surface area contributed by atoms with Crippen LogP contribution in [0.3, 0.4) is 0 Å². The Morgan fingerprint density at radius 2 is 2.06 bits per heavy atom. The van der Waals surface area contributed by atoms with Gasteiger partial charge in [0.1, 0.15) is 5.75 Å². The maximum absolute atomic E-state index is 11.2. The number of phenols is 1. The van der Waals surface area contributed by atoms with Crippen molar-refractivity contribution in [2.75, 3.05) is 6.61 Å². The zero-order chi connectivity index (χ0) is 13.8. The number of esters is 1. The number of hydrogen-bond donors (Lipinski definition) is 1. The van der Waals surface area contributed by atoms with Crippen LogP contribution in [0, 0.1) is 0 Å². The van der Waals surface area contributed by atoms with E-state index in [0.29, 0.717) is 12.2 Å². The van der Waals surface area contributed by atoms with Crippen LogP contribution in [0.25, 0.3) is 6.08 Å². The number of benzene rings is 1. The molecule has 3 heteroatoms. The van der Waals surface area contributed by atoms with E-state index in [4.69, 9.17) is 4.74 Å². The highest BCUT2D eigenvalue weighted by Crippen LogP contribution is 2.28. The maximum Gasteiger partial charge on any atom is 0.330 e. The molecule has 0 aliphatic carbocycles. The highest BCUT2D eigenvalue weighted by molar-refractivity contribution is 5.87. The molecule has 0 saturated heterocycles. The fourth-order valence-electron chi connectivity index (χ4n) is 1.50. The molecular weight excluding hydrogens is 228 g/mol. The summed E-state index contributed by atoms with van der Waals surface area (Å²) in [6, 6.07) is 5.41. The van der Waals surface area contributed by atoms with E-state index in [1.54, 1.807) is 19.1 Å². The van der Waals surface area contributed by atoms with Crippen molar-refractivity contribution in [3.05, 3.63) is 35.4 Å². The first-order valence-corrected chi connectivity index (χ1v) is 6.03. The first-order chi connectivity index (χ1) is 8.34. The molecule has 0 bridgehead atoms. The van der Waals surface area contributed by atoms with Crippen molar-refractivity contribution in [3.8, 4) is 5.75 Å². The number of rotatable bonds is 3. The van der Waals surface area contributed by atoms with Crippen LogP contribution in [0.4, 0.5) is 0 Å². The molecule has 3 nitrogen and oxygen atoms in total. The number of hydrogen-bond acceptors (Lipinski definition) is 3. The quantitative estimate of drug-likeness (QED) is 0.659. The molecule has 0 spiro atoms. The first kappa shape index (κ1) is 14.3. The van der Waals surface area contributed by atoms with Crippen molar-refractivity contribution in [3.63, 3.8) is 0 Å². The largest absolute Gasteiger partial charge is 0.507 e. The molecule has 18 heavy (non-hydrogen) atoms. The van der Waals surface area contributed by atoms with Crippen molar-refractivity contribution in [2.45, 2.75) is 33.1 Å². The summed E-state index contributed by atoms with van der Waals surface area (Å²) in [5, 5.41) is 9.74. The summed E-state index contributed by atoms with van der Waals surface area (Å²) >= 11 is 0. The topological polar surface area (TPSA) is 46.5 Å². The predicted molar refractivity (Wildman–Crippen MR) is 72.5 cm³/mol. The smallest absolute Gasteiger partial charge is 0.330 e. The fourth-order valence-corrected chi connectivity index (χ4v) is 1.50. The number of aromatic hydroxyl groups is 1. The monoisotopic (exact) mass is 248 g/mol. The Labute approximate surface area is 108 Å². The Morgan fingerprint density at radius 1 is 1.39 bits per heavy atom. The van der Waals surface area contributed by atoms with E-state index in [1.807, 2.05) is 12.1 Å². The van der Waals surface area contributed by atoms with Gasteiger partial charge in [0.05, 0.1) is 6.61 Å². The second-order valence-electron chi connectivity index (χ2n) is 5.11. The van der Waals surface area contributed by atoms with Gasteiger partial charge in [-0.1, -0.05) is 26.8 Å². The fraction of sp³-hybridized carbons (Fsp3) is 0.400. The molecule has 1 rings (SSSR count). The number of phenolic OH excluding ortho intramolecular Hbond substituents is 1. The Balaban J connectivity index is 2.98. The van der Waals surface area contributed by atoms with Crippen molar-refractivity contribution in [2.24, 2.45) is 0 Å². The zero-order valence-corrected chi connectivity index (χ0v) is 11.4. The Morgan fingerprint density at radius 3 is 2.61 bits per heavy atom. The molecule has 0 aromatic heterocycles. The molecular formula is C15H20O3. The average molecular weight is 248 g/mol. The van der Waals surface area contributed by atoms with Crippen LogP contribution in [-0.4, -0.2) is 17.7 Å². The molecule has 0 radical (unpaired) electrons. The summed E-state index contributed by atoms with van der Waals surface area (Å²) in [5.41, 5.74) is 1.72. The lowest BCUT2D eigenvalue weighted by Crippen LogP contribution is -2.10. The summed E-state index contributed by atoms with van der Waals surface area (Å²) in [5.74, 6) is -0.249. The Bertz CT molecular complexity index is 453. The van der Waals surface area contributed by atoms with Gasteiger partial charge in [0.2, 0.25) is 0 Å². The normalized spacial score (nSPS) is 11.8. The average Bonchev–Trinajstić information content (AvgIpc) is 2.26. The molecule has 0 heterocycles. The molecule has 1 aromatic carbocycles. The van der Waals surface area contributed by atoms with Crippen LogP contribution in [0.15, 0.2) is 24.3 Å². The minimum atomic E-state index is -0.405. The van der Waals surface area contributed by atoms with Gasteiger partial charge in [-0.3, -0.25) is 0 Å². The lowest BCUT2D eigenvalue weighted by Gasteiger charge is -2.19. The van der Waals surface area contributed by atoms with Crippen LogP contribution in [0.2, 0.25) is 0 Å². The van der Waals surface area contributed by atoms with E-state index in [-0.39, 0.29) is 11.2 Å². The highest BCUT2D eigenvalue weighted by Gasteiger charge is 2.14. The van der Waals surface area contributed by atoms with Crippen molar-refractivity contribution in [1.29, 1.82) is 0 Å². The van der Waals surface area contributed by atoms with Crippen LogP contribution in [-0.2, 0) is 14.9 Å². The summed E-state index contributed by atoms with van der Waals surface area (Å²) in [6.07, 6.45) is 2.90. The van der Waals surface area contributed by atoms with Gasteiger partial charge in [-0.2, -0.15) is 0 Å². The molecule has 0 fully saturated rings. The lowest BCUT2D eigenvalue weighted by atomic mass is 9.86. The summed E-state index contributed by atoms with van der Waals surface area (Å²) in [4.78, 5) is 11.2. The third-order valence-corrected chi connectivity index (χ3v) is 2.58. The van der Waals surface area contributed by atoms with Gasteiger partial charge in [-0.25, -0.2) is 4.79 Å². The molecule has 0 aliphatic heterocycles. The number of carbonyl (C=O) groups is 1.